The highest BCUT2D eigenvalue weighted by Gasteiger charge is 2.07. The van der Waals surface area contributed by atoms with Gasteiger partial charge in [-0.2, -0.15) is 0 Å². The lowest BCUT2D eigenvalue weighted by atomic mass is 10.0. The van der Waals surface area contributed by atoms with Crippen molar-refractivity contribution in [2.75, 3.05) is 13.2 Å². The Kier molecular flexibility index (Phi) is 17.2. The van der Waals surface area contributed by atoms with Crippen LogP contribution in [0.2, 0.25) is 0 Å². The Hall–Kier alpha value is -3.02. The predicted octanol–water partition coefficient (Wildman–Crippen LogP) is 9.39. The summed E-state index contributed by atoms with van der Waals surface area (Å²) in [6.07, 6.45) is 16.1. The highest BCUT2D eigenvalue weighted by Crippen LogP contribution is 2.19. The van der Waals surface area contributed by atoms with Gasteiger partial charge in [0.05, 0.1) is 24.6 Å². The van der Waals surface area contributed by atoms with Gasteiger partial charge in [-0.1, -0.05) is 81.9 Å². The van der Waals surface area contributed by atoms with Gasteiger partial charge in [-0.3, -0.25) is 0 Å². The average Bonchev–Trinajstić information content (AvgIpc) is 2.97. The van der Waals surface area contributed by atoms with Crippen LogP contribution in [-0.2, 0) is 0 Å². The van der Waals surface area contributed by atoms with Crippen LogP contribution in [0.1, 0.15) is 121 Å². The highest BCUT2D eigenvalue weighted by molar-refractivity contribution is 6.00. The van der Waals surface area contributed by atoms with Crippen LogP contribution in [0.3, 0.4) is 0 Å². The van der Waals surface area contributed by atoms with Crippen molar-refractivity contribution in [2.24, 2.45) is 10.3 Å². The number of hydrogen-bond donors (Lipinski definition) is 2. The molecule has 2 rings (SSSR count). The average molecular weight is 539 g/mol. The van der Waals surface area contributed by atoms with Gasteiger partial charge in [-0.25, -0.2) is 0 Å². The van der Waals surface area contributed by atoms with Gasteiger partial charge >= 0.3 is 0 Å². The third-order valence-electron chi connectivity index (χ3n) is 6.98. The molecule has 0 heterocycles. The second-order valence-corrected chi connectivity index (χ2v) is 10.2. The van der Waals surface area contributed by atoms with Crippen molar-refractivity contribution in [1.82, 2.24) is 0 Å². The Morgan fingerprint density at radius 3 is 1.23 bits per heavy atom. The van der Waals surface area contributed by atoms with E-state index < -0.39 is 0 Å². The van der Waals surface area contributed by atoms with E-state index in [0.29, 0.717) is 11.4 Å². The Morgan fingerprint density at radius 1 is 0.513 bits per heavy atom. The third kappa shape index (κ3) is 13.6. The standard InChI is InChI=1S/C33H50N2O4/c1-3-5-7-14-26-38-30-22-18-28(19-23-30)32(34-36)16-12-10-9-11-13-17-33(35-37)29-20-24-31(25-21-29)39-27-15-8-6-4-2/h18-25,36-37H,3-17,26-27H2,1-2H3/b34-32+,35-33+. The van der Waals surface area contributed by atoms with Gasteiger partial charge in [0, 0.05) is 0 Å². The Bertz CT molecular complexity index is 862. The van der Waals surface area contributed by atoms with Gasteiger partial charge in [0.2, 0.25) is 0 Å². The molecule has 0 saturated carbocycles. The lowest BCUT2D eigenvalue weighted by molar-refractivity contribution is 0.305. The maximum Gasteiger partial charge on any atom is 0.119 e. The highest BCUT2D eigenvalue weighted by atomic mass is 16.5. The van der Waals surface area contributed by atoms with Crippen molar-refractivity contribution in [3.8, 4) is 11.5 Å². The monoisotopic (exact) mass is 538 g/mol. The molecule has 2 aromatic rings. The van der Waals surface area contributed by atoms with Gasteiger partial charge in [-0.15, -0.1) is 0 Å². The number of rotatable bonds is 22. The van der Waals surface area contributed by atoms with Crippen molar-refractivity contribution in [3.05, 3.63) is 59.7 Å². The smallest absolute Gasteiger partial charge is 0.119 e. The molecule has 6 nitrogen and oxygen atoms in total. The summed E-state index contributed by atoms with van der Waals surface area (Å²) >= 11 is 0. The maximum absolute atomic E-state index is 9.51. The van der Waals surface area contributed by atoms with E-state index >= 15 is 0 Å². The normalized spacial score (nSPS) is 12.1. The molecule has 39 heavy (non-hydrogen) atoms. The van der Waals surface area contributed by atoms with E-state index in [0.717, 1.165) is 93.6 Å². The van der Waals surface area contributed by atoms with E-state index in [2.05, 4.69) is 24.2 Å². The first-order chi connectivity index (χ1) is 19.2. The molecule has 0 aliphatic rings. The molecular weight excluding hydrogens is 488 g/mol. The van der Waals surface area contributed by atoms with E-state index in [1.54, 1.807) is 0 Å². The zero-order valence-corrected chi connectivity index (χ0v) is 24.2. The van der Waals surface area contributed by atoms with Gasteiger partial charge in [0.1, 0.15) is 11.5 Å². The Morgan fingerprint density at radius 2 is 0.872 bits per heavy atom. The molecule has 0 bridgehead atoms. The van der Waals surface area contributed by atoms with Gasteiger partial charge in [0.15, 0.2) is 0 Å². The first-order valence-corrected chi connectivity index (χ1v) is 15.1. The molecule has 6 heteroatoms. The predicted molar refractivity (Wildman–Crippen MR) is 161 cm³/mol. The van der Waals surface area contributed by atoms with Crippen LogP contribution >= 0.6 is 0 Å². The van der Waals surface area contributed by atoms with Crippen LogP contribution in [0.25, 0.3) is 0 Å². The largest absolute Gasteiger partial charge is 0.494 e. The molecule has 2 N–H and O–H groups in total. The van der Waals surface area contributed by atoms with Crippen LogP contribution < -0.4 is 9.47 Å². The van der Waals surface area contributed by atoms with Gasteiger partial charge < -0.3 is 19.9 Å². The van der Waals surface area contributed by atoms with Crippen LogP contribution in [0, 0.1) is 0 Å². The number of benzene rings is 2. The molecule has 0 atom stereocenters. The molecule has 0 aliphatic heterocycles. The van der Waals surface area contributed by atoms with Crippen molar-refractivity contribution in [3.63, 3.8) is 0 Å². The molecule has 0 amide bonds. The summed E-state index contributed by atoms with van der Waals surface area (Å²) in [5, 5.41) is 26.1. The summed E-state index contributed by atoms with van der Waals surface area (Å²) in [6.45, 7) is 5.90. The fourth-order valence-corrected chi connectivity index (χ4v) is 4.54. The molecule has 216 valence electrons. The van der Waals surface area contributed by atoms with Crippen LogP contribution in [0.4, 0.5) is 0 Å². The zero-order chi connectivity index (χ0) is 28.0. The second kappa shape index (κ2) is 20.9. The number of ether oxygens (including phenoxy) is 2. The summed E-state index contributed by atoms with van der Waals surface area (Å²) < 4.78 is 11.6. The van der Waals surface area contributed by atoms with E-state index in [4.69, 9.17) is 9.47 Å². The molecule has 0 unspecified atom stereocenters. The topological polar surface area (TPSA) is 83.6 Å². The fourth-order valence-electron chi connectivity index (χ4n) is 4.54. The van der Waals surface area contributed by atoms with E-state index in [9.17, 15) is 10.4 Å². The van der Waals surface area contributed by atoms with Gasteiger partial charge in [0.25, 0.3) is 0 Å². The van der Waals surface area contributed by atoms with Crippen molar-refractivity contribution < 1.29 is 19.9 Å². The lowest BCUT2D eigenvalue weighted by Gasteiger charge is -2.09. The van der Waals surface area contributed by atoms with Crippen LogP contribution in [-0.4, -0.2) is 35.1 Å². The molecule has 0 aliphatic carbocycles. The first-order valence-electron chi connectivity index (χ1n) is 15.1. The summed E-state index contributed by atoms with van der Waals surface area (Å²) in [6, 6.07) is 15.7. The van der Waals surface area contributed by atoms with E-state index in [-0.39, 0.29) is 0 Å². The van der Waals surface area contributed by atoms with Crippen molar-refractivity contribution in [2.45, 2.75) is 110 Å². The molecule has 2 aromatic carbocycles. The summed E-state index contributed by atoms with van der Waals surface area (Å²) in [5.41, 5.74) is 3.31. The molecule has 0 spiro atoms. The first kappa shape index (κ1) is 32.2. The van der Waals surface area contributed by atoms with E-state index in [1.165, 1.54) is 38.5 Å². The molecule has 0 radical (unpaired) electrons. The number of hydrogen-bond acceptors (Lipinski definition) is 6. The number of unbranched alkanes of at least 4 members (excludes halogenated alkanes) is 10. The third-order valence-corrected chi connectivity index (χ3v) is 6.98. The summed E-state index contributed by atoms with van der Waals surface area (Å²) in [5.74, 6) is 1.72. The number of oxime groups is 2. The summed E-state index contributed by atoms with van der Waals surface area (Å²) in [4.78, 5) is 0. The minimum Gasteiger partial charge on any atom is -0.494 e. The fraction of sp³-hybridized carbons (Fsp3) is 0.576. The maximum atomic E-state index is 9.51. The number of nitrogens with zero attached hydrogens (tertiary/aromatic N) is 2. The molecule has 0 fully saturated rings. The second-order valence-electron chi connectivity index (χ2n) is 10.2. The minimum atomic E-state index is 0.715. The summed E-state index contributed by atoms with van der Waals surface area (Å²) in [7, 11) is 0. The van der Waals surface area contributed by atoms with E-state index in [1.807, 2.05) is 48.5 Å². The van der Waals surface area contributed by atoms with Gasteiger partial charge in [-0.05, 0) is 98.2 Å². The van der Waals surface area contributed by atoms with Crippen molar-refractivity contribution in [1.29, 1.82) is 0 Å². The van der Waals surface area contributed by atoms with Crippen LogP contribution in [0.15, 0.2) is 58.8 Å². The lowest BCUT2D eigenvalue weighted by Crippen LogP contribution is -2.03. The molecule has 0 saturated heterocycles. The van der Waals surface area contributed by atoms with Crippen molar-refractivity contribution >= 4 is 11.4 Å². The SMILES string of the molecule is CCCCCCOc1ccc(/C(CCCCCCC/C(=N\O)c2ccc(OCCCCCC)cc2)=N/O)cc1. The zero-order valence-electron chi connectivity index (χ0n) is 24.2. The molecule has 0 aromatic heterocycles. The Balaban J connectivity index is 1.61. The quantitative estimate of drug-likeness (QED) is 0.0677. The minimum absolute atomic E-state index is 0.715. The van der Waals surface area contributed by atoms with Crippen LogP contribution in [0.5, 0.6) is 11.5 Å². The molecular formula is C33H50N2O4. The Labute approximate surface area is 236 Å².